The summed E-state index contributed by atoms with van der Waals surface area (Å²) in [7, 11) is 0. The van der Waals surface area contributed by atoms with Gasteiger partial charge in [0.05, 0.1) is 10.0 Å². The van der Waals surface area contributed by atoms with E-state index in [4.69, 9.17) is 27.9 Å². The van der Waals surface area contributed by atoms with Crippen molar-refractivity contribution in [1.29, 1.82) is 0 Å². The van der Waals surface area contributed by atoms with Crippen LogP contribution in [0.1, 0.15) is 44.9 Å². The van der Waals surface area contributed by atoms with E-state index in [0.29, 0.717) is 15.7 Å². The van der Waals surface area contributed by atoms with Gasteiger partial charge in [-0.2, -0.15) is 0 Å². The van der Waals surface area contributed by atoms with Gasteiger partial charge in [-0.05, 0) is 49.3 Å². The van der Waals surface area contributed by atoms with Gasteiger partial charge in [0, 0.05) is 5.69 Å². The van der Waals surface area contributed by atoms with Crippen LogP contribution in [0.4, 0.5) is 10.5 Å². The lowest BCUT2D eigenvalue weighted by Gasteiger charge is -2.38. The number of hydrogen-bond acceptors (Lipinski definition) is 2. The first kappa shape index (κ1) is 15.9. The largest absolute Gasteiger partial charge is 0.446 e. The average Bonchev–Trinajstić information content (AvgIpc) is 2.51. The normalized spacial score (nSPS) is 27.8. The summed E-state index contributed by atoms with van der Waals surface area (Å²) in [5.41, 5.74) is 0.603. The van der Waals surface area contributed by atoms with E-state index < -0.39 is 6.09 Å². The van der Waals surface area contributed by atoms with Gasteiger partial charge in [-0.1, -0.05) is 48.9 Å². The highest BCUT2D eigenvalue weighted by Crippen LogP contribution is 2.41. The van der Waals surface area contributed by atoms with Crippen molar-refractivity contribution in [3.05, 3.63) is 28.2 Å². The van der Waals surface area contributed by atoms with Crippen LogP contribution >= 0.6 is 23.2 Å². The van der Waals surface area contributed by atoms with Crippen LogP contribution in [0.3, 0.4) is 0 Å². The molecule has 2 aliphatic rings. The Labute approximate surface area is 141 Å². The molecule has 0 unspecified atom stereocenters. The Kier molecular flexibility index (Phi) is 5.14. The minimum atomic E-state index is -0.405. The summed E-state index contributed by atoms with van der Waals surface area (Å²) in [5.74, 6) is 1.59. The number of ether oxygens (including phenoxy) is 1. The van der Waals surface area contributed by atoms with Crippen molar-refractivity contribution in [2.45, 2.75) is 51.0 Å². The fraction of sp³-hybridized carbons (Fsp3) is 0.588. The zero-order valence-corrected chi connectivity index (χ0v) is 14.0. The summed E-state index contributed by atoms with van der Waals surface area (Å²) in [6, 6.07) is 5.00. The maximum Gasteiger partial charge on any atom is 0.411 e. The molecule has 3 nitrogen and oxygen atoms in total. The second-order valence-corrected chi connectivity index (χ2v) is 7.21. The molecule has 0 saturated heterocycles. The maximum atomic E-state index is 12.0. The number of benzene rings is 1. The Hall–Kier alpha value is -0.930. The topological polar surface area (TPSA) is 38.3 Å². The molecule has 1 aromatic rings. The molecule has 1 N–H and O–H groups in total. The zero-order valence-electron chi connectivity index (χ0n) is 12.5. The van der Waals surface area contributed by atoms with Crippen molar-refractivity contribution in [2.24, 2.45) is 11.8 Å². The molecular formula is C17H21Cl2NO2. The number of carbonyl (C=O) groups is 1. The Morgan fingerprint density at radius 2 is 1.82 bits per heavy atom. The van der Waals surface area contributed by atoms with Crippen LogP contribution in [0, 0.1) is 11.8 Å². The molecule has 0 aromatic heterocycles. The van der Waals surface area contributed by atoms with Gasteiger partial charge >= 0.3 is 6.09 Å². The Balaban J connectivity index is 1.52. The molecule has 0 spiro atoms. The van der Waals surface area contributed by atoms with Crippen molar-refractivity contribution >= 4 is 35.0 Å². The van der Waals surface area contributed by atoms with Crippen molar-refractivity contribution in [3.63, 3.8) is 0 Å². The number of anilines is 1. The third-order valence-electron chi connectivity index (χ3n) is 4.93. The minimum Gasteiger partial charge on any atom is -0.446 e. The van der Waals surface area contributed by atoms with E-state index in [9.17, 15) is 4.79 Å². The van der Waals surface area contributed by atoms with Gasteiger partial charge in [-0.3, -0.25) is 5.32 Å². The highest BCUT2D eigenvalue weighted by molar-refractivity contribution is 6.42. The van der Waals surface area contributed by atoms with Crippen LogP contribution in [-0.4, -0.2) is 12.2 Å². The van der Waals surface area contributed by atoms with Crippen LogP contribution in [0.2, 0.25) is 10.0 Å². The molecule has 5 heteroatoms. The van der Waals surface area contributed by atoms with Crippen molar-refractivity contribution in [3.8, 4) is 0 Å². The number of carbonyl (C=O) groups excluding carboxylic acids is 1. The SMILES string of the molecule is O=C(Nc1ccc(Cl)c(Cl)c1)O[C@H]1CC[C@H]2CCCC[C@@H]2C1. The van der Waals surface area contributed by atoms with E-state index in [1.54, 1.807) is 18.2 Å². The fourth-order valence-corrected chi connectivity index (χ4v) is 4.11. The number of amides is 1. The summed E-state index contributed by atoms with van der Waals surface area (Å²) < 4.78 is 5.59. The van der Waals surface area contributed by atoms with Crippen LogP contribution < -0.4 is 5.32 Å². The number of halogens is 2. The van der Waals surface area contributed by atoms with E-state index in [1.165, 1.54) is 32.1 Å². The number of nitrogens with one attached hydrogen (secondary N) is 1. The van der Waals surface area contributed by atoms with E-state index in [0.717, 1.165) is 24.7 Å². The molecule has 120 valence electrons. The van der Waals surface area contributed by atoms with Gasteiger partial charge in [0.25, 0.3) is 0 Å². The molecule has 22 heavy (non-hydrogen) atoms. The maximum absolute atomic E-state index is 12.0. The molecule has 1 amide bonds. The quantitative estimate of drug-likeness (QED) is 0.726. The molecule has 0 heterocycles. The first-order valence-corrected chi connectivity index (χ1v) is 8.80. The second kappa shape index (κ2) is 7.10. The first-order valence-electron chi connectivity index (χ1n) is 8.04. The number of rotatable bonds is 2. The van der Waals surface area contributed by atoms with Crippen LogP contribution in [0.25, 0.3) is 0 Å². The third-order valence-corrected chi connectivity index (χ3v) is 5.67. The molecule has 3 rings (SSSR count). The fourth-order valence-electron chi connectivity index (χ4n) is 3.81. The smallest absolute Gasteiger partial charge is 0.411 e. The summed E-state index contributed by atoms with van der Waals surface area (Å²) in [6.07, 6.45) is 8.16. The van der Waals surface area contributed by atoms with Crippen molar-refractivity contribution < 1.29 is 9.53 Å². The lowest BCUT2D eigenvalue weighted by molar-refractivity contribution is 0.0339. The minimum absolute atomic E-state index is 0.0436. The first-order chi connectivity index (χ1) is 10.6. The van der Waals surface area contributed by atoms with Gasteiger partial charge in [0.15, 0.2) is 0 Å². The van der Waals surface area contributed by atoms with Crippen molar-refractivity contribution in [2.75, 3.05) is 5.32 Å². The monoisotopic (exact) mass is 341 g/mol. The lowest BCUT2D eigenvalue weighted by Crippen LogP contribution is -2.33. The molecule has 3 atom stereocenters. The van der Waals surface area contributed by atoms with Gasteiger partial charge in [0.1, 0.15) is 6.10 Å². The highest BCUT2D eigenvalue weighted by Gasteiger charge is 2.33. The summed E-state index contributed by atoms with van der Waals surface area (Å²) >= 11 is 11.8. The van der Waals surface area contributed by atoms with Gasteiger partial charge in [0.2, 0.25) is 0 Å². The molecule has 2 aliphatic carbocycles. The molecular weight excluding hydrogens is 321 g/mol. The molecule has 0 bridgehead atoms. The van der Waals surface area contributed by atoms with Crippen molar-refractivity contribution in [1.82, 2.24) is 0 Å². The zero-order chi connectivity index (χ0) is 15.5. The van der Waals surface area contributed by atoms with Gasteiger partial charge < -0.3 is 4.74 Å². The standard InChI is InChI=1S/C17H21Cl2NO2/c18-15-8-6-13(10-16(15)19)20-17(21)22-14-7-5-11-3-1-2-4-12(11)9-14/h6,8,10-12,14H,1-5,7,9H2,(H,20,21)/t11-,12-,14+/m1/s1. The average molecular weight is 342 g/mol. The van der Waals surface area contributed by atoms with Crippen LogP contribution in [-0.2, 0) is 4.74 Å². The molecule has 2 fully saturated rings. The van der Waals surface area contributed by atoms with Crippen LogP contribution in [0.5, 0.6) is 0 Å². The molecule has 0 aliphatic heterocycles. The summed E-state index contributed by atoms with van der Waals surface area (Å²) in [6.45, 7) is 0. The number of hydrogen-bond donors (Lipinski definition) is 1. The molecule has 0 radical (unpaired) electrons. The predicted octanol–water partition coefficient (Wildman–Crippen LogP) is 5.90. The Morgan fingerprint density at radius 3 is 2.59 bits per heavy atom. The van der Waals surface area contributed by atoms with E-state index in [-0.39, 0.29) is 6.10 Å². The third kappa shape index (κ3) is 3.88. The highest BCUT2D eigenvalue weighted by atomic mass is 35.5. The summed E-state index contributed by atoms with van der Waals surface area (Å²) in [4.78, 5) is 12.0. The van der Waals surface area contributed by atoms with E-state index in [1.807, 2.05) is 0 Å². The van der Waals surface area contributed by atoms with Crippen LogP contribution in [0.15, 0.2) is 18.2 Å². The van der Waals surface area contributed by atoms with E-state index >= 15 is 0 Å². The lowest BCUT2D eigenvalue weighted by atomic mass is 9.70. The Morgan fingerprint density at radius 1 is 1.05 bits per heavy atom. The molecule has 1 aromatic carbocycles. The van der Waals surface area contributed by atoms with E-state index in [2.05, 4.69) is 5.32 Å². The van der Waals surface area contributed by atoms with Gasteiger partial charge in [-0.15, -0.1) is 0 Å². The molecule has 2 saturated carbocycles. The summed E-state index contributed by atoms with van der Waals surface area (Å²) in [5, 5.41) is 3.61. The second-order valence-electron chi connectivity index (χ2n) is 6.40. The number of fused-ring (bicyclic) bond motifs is 1. The predicted molar refractivity (Wildman–Crippen MR) is 89.7 cm³/mol. The van der Waals surface area contributed by atoms with Gasteiger partial charge in [-0.25, -0.2) is 4.79 Å². The Bertz CT molecular complexity index is 549.